The Morgan fingerprint density at radius 1 is 0.875 bits per heavy atom. The van der Waals surface area contributed by atoms with E-state index in [4.69, 9.17) is 10.5 Å². The summed E-state index contributed by atoms with van der Waals surface area (Å²) in [6, 6.07) is 20.4. The zero-order chi connectivity index (χ0) is 22.8. The monoisotopic (exact) mass is 427 g/mol. The Labute approximate surface area is 192 Å². The summed E-state index contributed by atoms with van der Waals surface area (Å²) in [6.45, 7) is 5.12. The lowest BCUT2D eigenvalue weighted by molar-refractivity contribution is 0.304. The summed E-state index contributed by atoms with van der Waals surface area (Å²) in [5.74, 6) is 1.10. The molecule has 0 saturated heterocycles. The van der Waals surface area contributed by atoms with Gasteiger partial charge in [-0.25, -0.2) is 4.98 Å². The molecule has 0 aliphatic carbocycles. The molecule has 0 unspecified atom stereocenters. The highest BCUT2D eigenvalue weighted by Crippen LogP contribution is 2.32. The van der Waals surface area contributed by atoms with Gasteiger partial charge in [0.05, 0.1) is 12.3 Å². The first kappa shape index (κ1) is 23.3. The Hall–Kier alpha value is -3.32. The highest BCUT2D eigenvalue weighted by Gasteiger charge is 2.14. The summed E-state index contributed by atoms with van der Waals surface area (Å²) < 4.78 is 5.88. The van der Waals surface area contributed by atoms with Gasteiger partial charge in [0.25, 0.3) is 0 Å². The first-order valence-corrected chi connectivity index (χ1v) is 11.7. The van der Waals surface area contributed by atoms with Crippen molar-refractivity contribution in [3.05, 3.63) is 65.7 Å². The van der Waals surface area contributed by atoms with E-state index in [0.717, 1.165) is 54.0 Å². The van der Waals surface area contributed by atoms with Gasteiger partial charge in [-0.2, -0.15) is 5.26 Å². The standard InChI is InChI=1S/C28H33N3O/c1-3-5-6-7-8-18-32-24-16-14-22(15-17-24)25-19-27(31-28(30)26(25)20-29)23-12-10-21(9-4-2)11-13-23/h10-17,19H,3-9,18H2,1-2H3,(H2,30,31). The van der Waals surface area contributed by atoms with Crippen molar-refractivity contribution >= 4 is 5.82 Å². The minimum absolute atomic E-state index is 0.255. The van der Waals surface area contributed by atoms with E-state index in [2.05, 4.69) is 49.2 Å². The van der Waals surface area contributed by atoms with Gasteiger partial charge in [-0.1, -0.05) is 82.3 Å². The lowest BCUT2D eigenvalue weighted by Crippen LogP contribution is -2.00. The molecular formula is C28H33N3O. The largest absolute Gasteiger partial charge is 0.494 e. The molecule has 0 fully saturated rings. The predicted molar refractivity (Wildman–Crippen MR) is 132 cm³/mol. The molecule has 0 aliphatic heterocycles. The number of pyridine rings is 1. The highest BCUT2D eigenvalue weighted by atomic mass is 16.5. The van der Waals surface area contributed by atoms with Crippen LogP contribution in [0.3, 0.4) is 0 Å². The minimum Gasteiger partial charge on any atom is -0.494 e. The van der Waals surface area contributed by atoms with Gasteiger partial charge in [0.15, 0.2) is 0 Å². The van der Waals surface area contributed by atoms with Gasteiger partial charge in [0.1, 0.15) is 23.2 Å². The van der Waals surface area contributed by atoms with Crippen molar-refractivity contribution in [2.45, 2.75) is 58.8 Å². The number of nitrogens with zero attached hydrogens (tertiary/aromatic N) is 2. The number of anilines is 1. The van der Waals surface area contributed by atoms with Crippen LogP contribution in [-0.4, -0.2) is 11.6 Å². The van der Waals surface area contributed by atoms with E-state index < -0.39 is 0 Å². The SMILES string of the molecule is CCCCCCCOc1ccc(-c2cc(-c3ccc(CCC)cc3)nc(N)c2C#N)cc1. The van der Waals surface area contributed by atoms with Gasteiger partial charge in [0.2, 0.25) is 0 Å². The smallest absolute Gasteiger partial charge is 0.142 e. The molecule has 0 bridgehead atoms. The number of aryl methyl sites for hydroxylation is 1. The Bertz CT molecular complexity index is 1030. The van der Waals surface area contributed by atoms with E-state index in [0.29, 0.717) is 5.56 Å². The number of nitrogens with two attached hydrogens (primary N) is 1. The van der Waals surface area contributed by atoms with Crippen molar-refractivity contribution in [1.82, 2.24) is 4.98 Å². The van der Waals surface area contributed by atoms with Crippen LogP contribution in [0, 0.1) is 11.3 Å². The minimum atomic E-state index is 0.255. The first-order chi connectivity index (χ1) is 15.7. The van der Waals surface area contributed by atoms with Crippen LogP contribution in [-0.2, 0) is 6.42 Å². The average Bonchev–Trinajstić information content (AvgIpc) is 2.82. The predicted octanol–water partition coefficient (Wildman–Crippen LogP) is 7.17. The maximum atomic E-state index is 9.68. The quantitative estimate of drug-likeness (QED) is 0.329. The molecule has 0 amide bonds. The fourth-order valence-electron chi connectivity index (χ4n) is 3.82. The second-order valence-corrected chi connectivity index (χ2v) is 8.16. The van der Waals surface area contributed by atoms with Crippen LogP contribution in [0.25, 0.3) is 22.4 Å². The van der Waals surface area contributed by atoms with Gasteiger partial charge in [0, 0.05) is 11.1 Å². The number of hydrogen-bond acceptors (Lipinski definition) is 4. The molecule has 1 heterocycles. The molecule has 0 radical (unpaired) electrons. The molecule has 1 aromatic heterocycles. The molecule has 3 aromatic rings. The third-order valence-electron chi connectivity index (χ3n) is 5.63. The number of rotatable bonds is 11. The number of ether oxygens (including phenoxy) is 1. The Balaban J connectivity index is 1.78. The number of benzene rings is 2. The van der Waals surface area contributed by atoms with Crippen LogP contribution in [0.4, 0.5) is 5.82 Å². The van der Waals surface area contributed by atoms with Crippen LogP contribution >= 0.6 is 0 Å². The second-order valence-electron chi connectivity index (χ2n) is 8.16. The third kappa shape index (κ3) is 6.11. The first-order valence-electron chi connectivity index (χ1n) is 11.7. The summed E-state index contributed by atoms with van der Waals surface area (Å²) in [5.41, 5.74) is 11.4. The molecule has 32 heavy (non-hydrogen) atoms. The fraction of sp³-hybridized carbons (Fsp3) is 0.357. The van der Waals surface area contributed by atoms with Crippen molar-refractivity contribution in [2.75, 3.05) is 12.3 Å². The molecule has 0 saturated carbocycles. The van der Waals surface area contributed by atoms with Crippen LogP contribution in [0.2, 0.25) is 0 Å². The van der Waals surface area contributed by atoms with Crippen molar-refractivity contribution in [1.29, 1.82) is 5.26 Å². The van der Waals surface area contributed by atoms with Crippen LogP contribution in [0.15, 0.2) is 54.6 Å². The molecule has 3 rings (SSSR count). The average molecular weight is 428 g/mol. The van der Waals surface area contributed by atoms with Crippen molar-refractivity contribution in [2.24, 2.45) is 0 Å². The van der Waals surface area contributed by atoms with Gasteiger partial charge in [-0.05, 0) is 42.2 Å². The summed E-state index contributed by atoms with van der Waals surface area (Å²) >= 11 is 0. The second kappa shape index (κ2) is 11.9. The van der Waals surface area contributed by atoms with E-state index >= 15 is 0 Å². The Kier molecular flexibility index (Phi) is 8.69. The van der Waals surface area contributed by atoms with Gasteiger partial charge in [-0.15, -0.1) is 0 Å². The van der Waals surface area contributed by atoms with Crippen LogP contribution in [0.1, 0.15) is 63.5 Å². The number of hydrogen-bond donors (Lipinski definition) is 1. The van der Waals surface area contributed by atoms with Crippen LogP contribution < -0.4 is 10.5 Å². The lowest BCUT2D eigenvalue weighted by atomic mass is 9.98. The van der Waals surface area contributed by atoms with E-state index in [-0.39, 0.29) is 5.82 Å². The number of nitriles is 1. The van der Waals surface area contributed by atoms with Crippen molar-refractivity contribution in [3.63, 3.8) is 0 Å². The maximum Gasteiger partial charge on any atom is 0.142 e. The summed E-state index contributed by atoms with van der Waals surface area (Å²) in [5, 5.41) is 9.68. The zero-order valence-electron chi connectivity index (χ0n) is 19.2. The number of unbranched alkanes of at least 4 members (excludes halogenated alkanes) is 4. The Morgan fingerprint density at radius 2 is 1.56 bits per heavy atom. The maximum absolute atomic E-state index is 9.68. The van der Waals surface area contributed by atoms with Gasteiger partial charge >= 0.3 is 0 Å². The molecule has 2 aromatic carbocycles. The van der Waals surface area contributed by atoms with Crippen molar-refractivity contribution in [3.8, 4) is 34.2 Å². The van der Waals surface area contributed by atoms with E-state index in [1.807, 2.05) is 30.3 Å². The molecular weight excluding hydrogens is 394 g/mol. The van der Waals surface area contributed by atoms with Crippen molar-refractivity contribution < 1.29 is 4.74 Å². The molecule has 166 valence electrons. The van der Waals surface area contributed by atoms with E-state index in [9.17, 15) is 5.26 Å². The van der Waals surface area contributed by atoms with Gasteiger partial charge < -0.3 is 10.5 Å². The molecule has 4 nitrogen and oxygen atoms in total. The molecule has 4 heteroatoms. The van der Waals surface area contributed by atoms with E-state index in [1.165, 1.54) is 31.2 Å². The van der Waals surface area contributed by atoms with E-state index in [1.54, 1.807) is 0 Å². The normalized spacial score (nSPS) is 10.7. The molecule has 0 spiro atoms. The van der Waals surface area contributed by atoms with Gasteiger partial charge in [-0.3, -0.25) is 0 Å². The lowest BCUT2D eigenvalue weighted by Gasteiger charge is -2.12. The summed E-state index contributed by atoms with van der Waals surface area (Å²) in [4.78, 5) is 4.50. The highest BCUT2D eigenvalue weighted by molar-refractivity contribution is 5.80. The summed E-state index contributed by atoms with van der Waals surface area (Å²) in [7, 11) is 0. The molecule has 0 atom stereocenters. The topological polar surface area (TPSA) is 71.9 Å². The number of aromatic nitrogens is 1. The molecule has 0 aliphatic rings. The fourth-order valence-corrected chi connectivity index (χ4v) is 3.82. The molecule has 2 N–H and O–H groups in total. The third-order valence-corrected chi connectivity index (χ3v) is 5.63. The Morgan fingerprint density at radius 3 is 2.22 bits per heavy atom. The van der Waals surface area contributed by atoms with Crippen LogP contribution in [0.5, 0.6) is 5.75 Å². The number of nitrogen functional groups attached to an aromatic ring is 1. The summed E-state index contributed by atoms with van der Waals surface area (Å²) in [6.07, 6.45) is 8.25. The zero-order valence-corrected chi connectivity index (χ0v) is 19.2.